The van der Waals surface area contributed by atoms with Crippen molar-refractivity contribution in [3.8, 4) is 0 Å². The third kappa shape index (κ3) is 4.03. The predicted octanol–water partition coefficient (Wildman–Crippen LogP) is 1.52. The maximum Gasteiger partial charge on any atom is 0.274 e. The monoisotopic (exact) mass is 306 g/mol. The van der Waals surface area contributed by atoms with Crippen LogP contribution in [0, 0.1) is 5.92 Å². The second kappa shape index (κ2) is 8.30. The van der Waals surface area contributed by atoms with Gasteiger partial charge < -0.3 is 10.6 Å². The fourth-order valence-electron chi connectivity index (χ4n) is 2.42. The highest BCUT2D eigenvalue weighted by Crippen LogP contribution is 2.23. The van der Waals surface area contributed by atoms with Crippen LogP contribution in [-0.2, 0) is 0 Å². The van der Waals surface area contributed by atoms with Crippen LogP contribution in [0.2, 0.25) is 0 Å². The quantitative estimate of drug-likeness (QED) is 0.899. The SMILES string of the molecule is CC1CCCN(C(=O)c2cnccn2)C1CN.Cl.Cl. The van der Waals surface area contributed by atoms with Crippen LogP contribution in [0.15, 0.2) is 18.6 Å². The summed E-state index contributed by atoms with van der Waals surface area (Å²) in [6.45, 7) is 3.42. The van der Waals surface area contributed by atoms with E-state index in [0.29, 0.717) is 18.2 Å². The normalized spacial score (nSPS) is 22.1. The molecule has 0 bridgehead atoms. The molecule has 1 aromatic rings. The summed E-state index contributed by atoms with van der Waals surface area (Å²) in [6, 6.07) is 0.123. The van der Waals surface area contributed by atoms with Gasteiger partial charge in [0, 0.05) is 31.5 Å². The van der Waals surface area contributed by atoms with Crippen LogP contribution in [0.4, 0.5) is 0 Å². The molecule has 7 heteroatoms. The average Bonchev–Trinajstić information content (AvgIpc) is 2.38. The fraction of sp³-hybridized carbons (Fsp3) is 0.583. The number of nitrogens with two attached hydrogens (primary N) is 1. The van der Waals surface area contributed by atoms with Crippen molar-refractivity contribution in [2.24, 2.45) is 11.7 Å². The molecule has 1 aromatic heterocycles. The largest absolute Gasteiger partial charge is 0.333 e. The lowest BCUT2D eigenvalue weighted by molar-refractivity contribution is 0.0526. The summed E-state index contributed by atoms with van der Waals surface area (Å²) >= 11 is 0. The number of amides is 1. The lowest BCUT2D eigenvalue weighted by Crippen LogP contribution is -2.51. The zero-order chi connectivity index (χ0) is 12.3. The number of aromatic nitrogens is 2. The van der Waals surface area contributed by atoms with Crippen molar-refractivity contribution in [2.45, 2.75) is 25.8 Å². The molecule has 2 heterocycles. The van der Waals surface area contributed by atoms with Gasteiger partial charge in [-0.2, -0.15) is 0 Å². The lowest BCUT2D eigenvalue weighted by atomic mass is 9.90. The first-order valence-corrected chi connectivity index (χ1v) is 6.01. The minimum Gasteiger partial charge on any atom is -0.333 e. The van der Waals surface area contributed by atoms with Crippen LogP contribution in [0.5, 0.6) is 0 Å². The molecule has 2 atom stereocenters. The van der Waals surface area contributed by atoms with E-state index in [1.54, 1.807) is 6.20 Å². The molecule has 1 aliphatic heterocycles. The van der Waals surface area contributed by atoms with Gasteiger partial charge in [0.15, 0.2) is 0 Å². The Balaban J connectivity index is 0.00000162. The van der Waals surface area contributed by atoms with Gasteiger partial charge >= 0.3 is 0 Å². The summed E-state index contributed by atoms with van der Waals surface area (Å²) in [4.78, 5) is 22.1. The van der Waals surface area contributed by atoms with E-state index in [-0.39, 0.29) is 36.8 Å². The number of hydrogen-bond donors (Lipinski definition) is 1. The van der Waals surface area contributed by atoms with Crippen molar-refractivity contribution in [1.82, 2.24) is 14.9 Å². The Hall–Kier alpha value is -0.910. The van der Waals surface area contributed by atoms with E-state index in [9.17, 15) is 4.79 Å². The molecule has 1 saturated heterocycles. The van der Waals surface area contributed by atoms with E-state index in [0.717, 1.165) is 19.4 Å². The van der Waals surface area contributed by atoms with Crippen LogP contribution >= 0.6 is 24.8 Å². The molecule has 2 rings (SSSR count). The van der Waals surface area contributed by atoms with Crippen LogP contribution in [0.1, 0.15) is 30.3 Å². The minimum absolute atomic E-state index is 0. The Labute approximate surface area is 125 Å². The van der Waals surface area contributed by atoms with Crippen LogP contribution in [0.3, 0.4) is 0 Å². The molecule has 0 radical (unpaired) electrons. The highest BCUT2D eigenvalue weighted by molar-refractivity contribution is 5.92. The highest BCUT2D eigenvalue weighted by Gasteiger charge is 2.31. The van der Waals surface area contributed by atoms with Crippen LogP contribution in [0.25, 0.3) is 0 Å². The summed E-state index contributed by atoms with van der Waals surface area (Å²) in [6.07, 6.45) is 6.78. The molecule has 0 spiro atoms. The van der Waals surface area contributed by atoms with Crippen LogP contribution in [-0.4, -0.2) is 39.9 Å². The Bertz CT molecular complexity index is 391. The average molecular weight is 307 g/mol. The molecule has 19 heavy (non-hydrogen) atoms. The number of halogens is 2. The number of piperidine rings is 1. The van der Waals surface area contributed by atoms with Gasteiger partial charge in [-0.1, -0.05) is 6.92 Å². The summed E-state index contributed by atoms with van der Waals surface area (Å²) in [5.74, 6) is 0.398. The van der Waals surface area contributed by atoms with E-state index in [1.165, 1.54) is 12.4 Å². The number of hydrogen-bond acceptors (Lipinski definition) is 4. The molecule has 2 N–H and O–H groups in total. The second-order valence-corrected chi connectivity index (χ2v) is 4.51. The van der Waals surface area contributed by atoms with E-state index in [1.807, 2.05) is 4.90 Å². The Morgan fingerprint density at radius 3 is 2.79 bits per heavy atom. The Morgan fingerprint density at radius 1 is 1.47 bits per heavy atom. The number of nitrogens with zero attached hydrogens (tertiary/aromatic N) is 3. The number of likely N-dealkylation sites (tertiary alicyclic amines) is 1. The predicted molar refractivity (Wildman–Crippen MR) is 78.8 cm³/mol. The molecule has 108 valence electrons. The van der Waals surface area contributed by atoms with E-state index >= 15 is 0 Å². The van der Waals surface area contributed by atoms with Gasteiger partial charge in [0.25, 0.3) is 5.91 Å². The smallest absolute Gasteiger partial charge is 0.274 e. The zero-order valence-electron chi connectivity index (χ0n) is 10.9. The molecule has 1 aliphatic rings. The molecule has 0 saturated carbocycles. The van der Waals surface area contributed by atoms with Gasteiger partial charge in [-0.15, -0.1) is 24.8 Å². The molecular formula is C12H20Cl2N4O. The van der Waals surface area contributed by atoms with Crippen molar-refractivity contribution < 1.29 is 4.79 Å². The van der Waals surface area contributed by atoms with Gasteiger partial charge in [0.1, 0.15) is 5.69 Å². The first-order valence-electron chi connectivity index (χ1n) is 6.01. The third-order valence-electron chi connectivity index (χ3n) is 3.40. The zero-order valence-corrected chi connectivity index (χ0v) is 12.5. The second-order valence-electron chi connectivity index (χ2n) is 4.51. The molecule has 1 fully saturated rings. The third-order valence-corrected chi connectivity index (χ3v) is 3.40. The van der Waals surface area contributed by atoms with E-state index < -0.39 is 0 Å². The first-order chi connectivity index (χ1) is 8.24. The summed E-state index contributed by atoms with van der Waals surface area (Å²) in [5.41, 5.74) is 6.17. The Kier molecular flexibility index (Phi) is 7.90. The van der Waals surface area contributed by atoms with Gasteiger partial charge in [0.2, 0.25) is 0 Å². The number of carbonyl (C=O) groups excluding carboxylic acids is 1. The van der Waals surface area contributed by atoms with Gasteiger partial charge in [0.05, 0.1) is 6.20 Å². The number of carbonyl (C=O) groups is 1. The van der Waals surface area contributed by atoms with Gasteiger partial charge in [-0.25, -0.2) is 4.98 Å². The molecule has 1 amide bonds. The first kappa shape index (κ1) is 18.1. The van der Waals surface area contributed by atoms with Crippen molar-refractivity contribution in [3.63, 3.8) is 0 Å². The van der Waals surface area contributed by atoms with E-state index in [4.69, 9.17) is 5.73 Å². The number of rotatable bonds is 2. The maximum absolute atomic E-state index is 12.3. The van der Waals surface area contributed by atoms with E-state index in [2.05, 4.69) is 16.9 Å². The molecule has 2 unspecified atom stereocenters. The summed E-state index contributed by atoms with van der Waals surface area (Å²) in [5, 5.41) is 0. The molecular weight excluding hydrogens is 287 g/mol. The van der Waals surface area contributed by atoms with Crippen molar-refractivity contribution in [3.05, 3.63) is 24.3 Å². The lowest BCUT2D eigenvalue weighted by Gasteiger charge is -2.39. The highest BCUT2D eigenvalue weighted by atomic mass is 35.5. The van der Waals surface area contributed by atoms with Crippen molar-refractivity contribution >= 4 is 30.7 Å². The van der Waals surface area contributed by atoms with Crippen molar-refractivity contribution in [2.75, 3.05) is 13.1 Å². The fourth-order valence-corrected chi connectivity index (χ4v) is 2.42. The topological polar surface area (TPSA) is 72.1 Å². The molecule has 0 aromatic carbocycles. The van der Waals surface area contributed by atoms with Gasteiger partial charge in [-0.05, 0) is 18.8 Å². The Morgan fingerprint density at radius 2 is 2.21 bits per heavy atom. The maximum atomic E-state index is 12.3. The standard InChI is InChI=1S/C12H18N4O.2ClH/c1-9-3-2-6-16(11(9)7-13)12(17)10-8-14-4-5-15-10;;/h4-5,8-9,11H,2-3,6-7,13H2,1H3;2*1H. The summed E-state index contributed by atoms with van der Waals surface area (Å²) < 4.78 is 0. The molecule has 5 nitrogen and oxygen atoms in total. The minimum atomic E-state index is -0.0555. The van der Waals surface area contributed by atoms with Crippen molar-refractivity contribution in [1.29, 1.82) is 0 Å². The van der Waals surface area contributed by atoms with Gasteiger partial charge in [-0.3, -0.25) is 9.78 Å². The summed E-state index contributed by atoms with van der Waals surface area (Å²) in [7, 11) is 0. The van der Waals surface area contributed by atoms with Crippen LogP contribution < -0.4 is 5.73 Å². The molecule has 0 aliphatic carbocycles.